The van der Waals surface area contributed by atoms with Crippen LogP contribution in [-0.2, 0) is 0 Å². The Hall–Kier alpha value is -3.93. The van der Waals surface area contributed by atoms with Crippen LogP contribution in [0.15, 0.2) is 69.9 Å². The fourth-order valence-corrected chi connectivity index (χ4v) is 4.49. The van der Waals surface area contributed by atoms with E-state index in [0.717, 1.165) is 23.2 Å². The first-order chi connectivity index (χ1) is 16.8. The highest BCUT2D eigenvalue weighted by molar-refractivity contribution is 6.10. The van der Waals surface area contributed by atoms with Crippen molar-refractivity contribution in [2.45, 2.75) is 40.2 Å². The lowest BCUT2D eigenvalue weighted by atomic mass is 9.98. The number of hydrogen-bond acceptors (Lipinski definition) is 5. The number of carbonyl (C=O) groups is 1. The van der Waals surface area contributed by atoms with Crippen LogP contribution in [0.4, 0.5) is 5.82 Å². The van der Waals surface area contributed by atoms with E-state index in [1.165, 1.54) is 0 Å². The van der Waals surface area contributed by atoms with E-state index >= 15 is 0 Å². The minimum Gasteiger partial charge on any atom is -0.494 e. The molecule has 5 rings (SSSR count). The fraction of sp³-hybridized carbons (Fsp3) is 0.276. The van der Waals surface area contributed by atoms with Crippen LogP contribution in [0, 0.1) is 19.8 Å². The molecule has 35 heavy (non-hydrogen) atoms. The SMILES string of the molecule is Cc1ccc2oc3c(c(=O)c2c1)C(c1cccc(OCCC(C)C)c1)N(c1cccc(C)n1)C3=O. The molecule has 0 aliphatic carbocycles. The second-order valence-electron chi connectivity index (χ2n) is 9.49. The summed E-state index contributed by atoms with van der Waals surface area (Å²) in [5.41, 5.74) is 3.01. The molecule has 1 aliphatic rings. The number of anilines is 1. The van der Waals surface area contributed by atoms with Gasteiger partial charge in [-0.25, -0.2) is 4.98 Å². The van der Waals surface area contributed by atoms with Gasteiger partial charge in [0.05, 0.1) is 23.6 Å². The van der Waals surface area contributed by atoms with Crippen molar-refractivity contribution in [1.82, 2.24) is 4.98 Å². The molecule has 0 saturated heterocycles. The Morgan fingerprint density at radius 2 is 1.83 bits per heavy atom. The van der Waals surface area contributed by atoms with Gasteiger partial charge in [0.2, 0.25) is 5.76 Å². The molecule has 0 radical (unpaired) electrons. The molecule has 2 aromatic heterocycles. The van der Waals surface area contributed by atoms with Gasteiger partial charge in [-0.15, -0.1) is 0 Å². The number of carbonyl (C=O) groups excluding carboxylic acids is 1. The lowest BCUT2D eigenvalue weighted by molar-refractivity contribution is 0.0970. The first-order valence-corrected chi connectivity index (χ1v) is 11.9. The van der Waals surface area contributed by atoms with Gasteiger partial charge in [0.25, 0.3) is 5.91 Å². The number of aromatic nitrogens is 1. The van der Waals surface area contributed by atoms with Gasteiger partial charge < -0.3 is 9.15 Å². The molecule has 1 aliphatic heterocycles. The van der Waals surface area contributed by atoms with Crippen molar-refractivity contribution in [3.8, 4) is 5.75 Å². The lowest BCUT2D eigenvalue weighted by Crippen LogP contribution is -2.30. The van der Waals surface area contributed by atoms with E-state index in [4.69, 9.17) is 9.15 Å². The molecule has 6 heteroatoms. The predicted molar refractivity (Wildman–Crippen MR) is 136 cm³/mol. The van der Waals surface area contributed by atoms with Crippen LogP contribution in [0.3, 0.4) is 0 Å². The molecule has 3 heterocycles. The van der Waals surface area contributed by atoms with Crippen molar-refractivity contribution in [3.63, 3.8) is 0 Å². The molecule has 0 spiro atoms. The molecule has 178 valence electrons. The normalized spacial score (nSPS) is 15.2. The maximum Gasteiger partial charge on any atom is 0.296 e. The summed E-state index contributed by atoms with van der Waals surface area (Å²) in [6, 6.07) is 17.8. The summed E-state index contributed by atoms with van der Waals surface area (Å²) < 4.78 is 12.0. The van der Waals surface area contributed by atoms with E-state index < -0.39 is 6.04 Å². The van der Waals surface area contributed by atoms with Crippen LogP contribution in [0.25, 0.3) is 11.0 Å². The van der Waals surface area contributed by atoms with Crippen LogP contribution in [0.2, 0.25) is 0 Å². The monoisotopic (exact) mass is 468 g/mol. The highest BCUT2D eigenvalue weighted by atomic mass is 16.5. The summed E-state index contributed by atoms with van der Waals surface area (Å²) in [5.74, 6) is 1.38. The summed E-state index contributed by atoms with van der Waals surface area (Å²) in [7, 11) is 0. The zero-order valence-electron chi connectivity index (χ0n) is 20.4. The Morgan fingerprint density at radius 1 is 1.03 bits per heavy atom. The molecule has 1 atom stereocenters. The zero-order chi connectivity index (χ0) is 24.7. The quantitative estimate of drug-likeness (QED) is 0.348. The second-order valence-corrected chi connectivity index (χ2v) is 9.49. The standard InChI is InChI=1S/C29H28N2O4/c1-17(2)13-14-34-21-9-6-8-20(16-21)26-25-27(32)22-15-18(3)11-12-23(22)35-28(25)29(33)31(26)24-10-5-7-19(4)30-24/h5-12,15-17,26H,13-14H2,1-4H3. The lowest BCUT2D eigenvalue weighted by Gasteiger charge is -2.25. The number of rotatable bonds is 6. The van der Waals surface area contributed by atoms with E-state index in [1.54, 1.807) is 17.0 Å². The average molecular weight is 469 g/mol. The number of benzene rings is 2. The van der Waals surface area contributed by atoms with Gasteiger partial charge in [0.1, 0.15) is 17.2 Å². The molecule has 1 amide bonds. The molecular weight excluding hydrogens is 440 g/mol. The largest absolute Gasteiger partial charge is 0.494 e. The Labute approximate surface area is 204 Å². The number of ether oxygens (including phenoxy) is 1. The molecule has 0 bridgehead atoms. The minimum atomic E-state index is -0.679. The second kappa shape index (κ2) is 9.02. The summed E-state index contributed by atoms with van der Waals surface area (Å²) in [6.07, 6.45) is 0.934. The number of amides is 1. The van der Waals surface area contributed by atoms with Crippen LogP contribution < -0.4 is 15.1 Å². The van der Waals surface area contributed by atoms with Crippen molar-refractivity contribution >= 4 is 22.7 Å². The molecule has 0 fully saturated rings. The van der Waals surface area contributed by atoms with Crippen LogP contribution >= 0.6 is 0 Å². The van der Waals surface area contributed by atoms with Gasteiger partial charge in [0.15, 0.2) is 5.43 Å². The Morgan fingerprint density at radius 3 is 2.60 bits per heavy atom. The number of fused-ring (bicyclic) bond motifs is 2. The number of nitrogens with zero attached hydrogens (tertiary/aromatic N) is 2. The predicted octanol–water partition coefficient (Wildman–Crippen LogP) is 5.98. The maximum atomic E-state index is 13.8. The molecule has 1 unspecified atom stereocenters. The smallest absolute Gasteiger partial charge is 0.296 e. The van der Waals surface area contributed by atoms with Gasteiger partial charge in [-0.2, -0.15) is 0 Å². The third-order valence-electron chi connectivity index (χ3n) is 6.28. The van der Waals surface area contributed by atoms with Gasteiger partial charge >= 0.3 is 0 Å². The van der Waals surface area contributed by atoms with Gasteiger partial charge in [-0.3, -0.25) is 14.5 Å². The van der Waals surface area contributed by atoms with E-state index in [0.29, 0.717) is 40.6 Å². The average Bonchev–Trinajstić information content (AvgIpc) is 3.12. The van der Waals surface area contributed by atoms with Gasteiger partial charge in [-0.05, 0) is 68.1 Å². The van der Waals surface area contributed by atoms with Crippen molar-refractivity contribution in [2.75, 3.05) is 11.5 Å². The Kier molecular flexibility index (Phi) is 5.89. The highest BCUT2D eigenvalue weighted by Gasteiger charge is 2.44. The van der Waals surface area contributed by atoms with E-state index in [1.807, 2.05) is 62.4 Å². The molecule has 2 aromatic carbocycles. The van der Waals surface area contributed by atoms with Crippen LogP contribution in [0.1, 0.15) is 59.2 Å². The number of aryl methyl sites for hydroxylation is 2. The van der Waals surface area contributed by atoms with E-state index in [2.05, 4.69) is 18.8 Å². The van der Waals surface area contributed by atoms with Crippen molar-refractivity contribution in [1.29, 1.82) is 0 Å². The molecule has 6 nitrogen and oxygen atoms in total. The summed E-state index contributed by atoms with van der Waals surface area (Å²) in [4.78, 5) is 33.7. The molecular formula is C29H28N2O4. The number of hydrogen-bond donors (Lipinski definition) is 0. The van der Waals surface area contributed by atoms with Crippen molar-refractivity contribution in [3.05, 3.63) is 99.0 Å². The third-order valence-corrected chi connectivity index (χ3v) is 6.28. The van der Waals surface area contributed by atoms with Gasteiger partial charge in [0, 0.05) is 5.69 Å². The Bertz CT molecular complexity index is 1490. The molecule has 0 N–H and O–H groups in total. The fourth-order valence-electron chi connectivity index (χ4n) is 4.49. The number of pyridine rings is 1. The van der Waals surface area contributed by atoms with Crippen LogP contribution in [-0.4, -0.2) is 17.5 Å². The zero-order valence-corrected chi connectivity index (χ0v) is 20.4. The first kappa shape index (κ1) is 22.8. The third kappa shape index (κ3) is 4.20. The van der Waals surface area contributed by atoms with Gasteiger partial charge in [-0.1, -0.05) is 43.7 Å². The van der Waals surface area contributed by atoms with Crippen molar-refractivity contribution < 1.29 is 13.9 Å². The van der Waals surface area contributed by atoms with Crippen molar-refractivity contribution in [2.24, 2.45) is 5.92 Å². The topological polar surface area (TPSA) is 72.6 Å². The van der Waals surface area contributed by atoms with Crippen LogP contribution in [0.5, 0.6) is 5.75 Å². The van der Waals surface area contributed by atoms with E-state index in [-0.39, 0.29) is 17.1 Å². The molecule has 0 saturated carbocycles. The minimum absolute atomic E-state index is 0.0609. The summed E-state index contributed by atoms with van der Waals surface area (Å²) in [6.45, 7) is 8.69. The maximum absolute atomic E-state index is 13.8. The Balaban J connectivity index is 1.69. The summed E-state index contributed by atoms with van der Waals surface area (Å²) >= 11 is 0. The molecule has 4 aromatic rings. The highest BCUT2D eigenvalue weighted by Crippen LogP contribution is 2.41. The van der Waals surface area contributed by atoms with E-state index in [9.17, 15) is 9.59 Å². The summed E-state index contributed by atoms with van der Waals surface area (Å²) in [5, 5.41) is 0.463. The first-order valence-electron chi connectivity index (χ1n) is 11.9.